The van der Waals surface area contributed by atoms with Crippen molar-refractivity contribution in [3.8, 4) is 5.88 Å². The van der Waals surface area contributed by atoms with Gasteiger partial charge in [0, 0.05) is 11.6 Å². The third-order valence-electron chi connectivity index (χ3n) is 1.61. The van der Waals surface area contributed by atoms with Crippen molar-refractivity contribution < 1.29 is 9.53 Å². The molecule has 70 valence electrons. The summed E-state index contributed by atoms with van der Waals surface area (Å²) < 4.78 is 4.93. The molecule has 0 amide bonds. The van der Waals surface area contributed by atoms with Crippen LogP contribution >= 0.6 is 11.6 Å². The smallest absolute Gasteiger partial charge is 0.213 e. The van der Waals surface area contributed by atoms with Gasteiger partial charge in [0.2, 0.25) is 5.88 Å². The molecule has 0 fully saturated rings. The number of hydrogen-bond acceptors (Lipinski definition) is 3. The predicted molar refractivity (Wildman–Crippen MR) is 50.4 cm³/mol. The topological polar surface area (TPSA) is 39.2 Å². The van der Waals surface area contributed by atoms with E-state index in [1.165, 1.54) is 14.0 Å². The number of pyridine rings is 1. The normalized spacial score (nSPS) is 9.77. The number of aromatic nitrogens is 1. The Morgan fingerprint density at radius 2 is 2.31 bits per heavy atom. The minimum Gasteiger partial charge on any atom is -0.481 e. The molecule has 0 aliphatic carbocycles. The Balaban J connectivity index is 3.14. The van der Waals surface area contributed by atoms with Crippen molar-refractivity contribution in [2.24, 2.45) is 0 Å². The van der Waals surface area contributed by atoms with E-state index in [1.807, 2.05) is 0 Å². The third kappa shape index (κ3) is 2.42. The van der Waals surface area contributed by atoms with E-state index >= 15 is 0 Å². The van der Waals surface area contributed by atoms with Gasteiger partial charge in [0.1, 0.15) is 0 Å². The van der Waals surface area contributed by atoms with Gasteiger partial charge in [-0.1, -0.05) is 0 Å². The van der Waals surface area contributed by atoms with Crippen LogP contribution in [0.4, 0.5) is 0 Å². The van der Waals surface area contributed by atoms with Gasteiger partial charge in [-0.2, -0.15) is 0 Å². The van der Waals surface area contributed by atoms with E-state index in [-0.39, 0.29) is 11.7 Å². The van der Waals surface area contributed by atoms with Crippen LogP contribution in [0, 0.1) is 0 Å². The molecule has 0 spiro atoms. The molecular formula is C9H10ClNO2. The summed E-state index contributed by atoms with van der Waals surface area (Å²) in [6.45, 7) is 1.49. The number of ether oxygens (including phenoxy) is 1. The van der Waals surface area contributed by atoms with Gasteiger partial charge in [-0.25, -0.2) is 4.98 Å². The molecule has 0 saturated carbocycles. The largest absolute Gasteiger partial charge is 0.481 e. The molecule has 0 aliphatic rings. The fourth-order valence-corrected chi connectivity index (χ4v) is 1.07. The van der Waals surface area contributed by atoms with Gasteiger partial charge in [0.25, 0.3) is 0 Å². The number of carbonyl (C=O) groups excluding carboxylic acids is 1. The molecule has 0 unspecified atom stereocenters. The summed E-state index contributed by atoms with van der Waals surface area (Å²) in [5.74, 6) is 0.674. The standard InChI is InChI=1S/C9H10ClNO2/c1-6(12)7-3-8(5-10)11-9(4-7)13-2/h3-4H,5H2,1-2H3. The van der Waals surface area contributed by atoms with Crippen molar-refractivity contribution >= 4 is 17.4 Å². The Bertz CT molecular complexity index is 303. The van der Waals surface area contributed by atoms with Gasteiger partial charge in [-0.3, -0.25) is 4.79 Å². The monoisotopic (exact) mass is 199 g/mol. The van der Waals surface area contributed by atoms with E-state index in [0.717, 1.165) is 0 Å². The maximum absolute atomic E-state index is 11.1. The number of methoxy groups -OCH3 is 1. The molecule has 3 nitrogen and oxygen atoms in total. The van der Waals surface area contributed by atoms with Crippen molar-refractivity contribution in [1.82, 2.24) is 4.98 Å². The highest BCUT2D eigenvalue weighted by atomic mass is 35.5. The first-order chi connectivity index (χ1) is 6.17. The van der Waals surface area contributed by atoms with Crippen LogP contribution in [0.1, 0.15) is 23.0 Å². The molecule has 1 aromatic heterocycles. The lowest BCUT2D eigenvalue weighted by Crippen LogP contribution is -1.98. The summed E-state index contributed by atoms with van der Waals surface area (Å²) in [4.78, 5) is 15.1. The van der Waals surface area contributed by atoms with Crippen LogP contribution in [-0.2, 0) is 5.88 Å². The Morgan fingerprint density at radius 1 is 1.62 bits per heavy atom. The molecular weight excluding hydrogens is 190 g/mol. The summed E-state index contributed by atoms with van der Waals surface area (Å²) >= 11 is 5.60. The molecule has 4 heteroatoms. The van der Waals surface area contributed by atoms with Gasteiger partial charge in [-0.05, 0) is 13.0 Å². The number of ketones is 1. The summed E-state index contributed by atoms with van der Waals surface area (Å²) in [5.41, 5.74) is 1.22. The van der Waals surface area contributed by atoms with Gasteiger partial charge in [0.05, 0.1) is 18.7 Å². The fraction of sp³-hybridized carbons (Fsp3) is 0.333. The molecule has 0 saturated heterocycles. The van der Waals surface area contributed by atoms with E-state index in [1.54, 1.807) is 12.1 Å². The fourth-order valence-electron chi connectivity index (χ4n) is 0.937. The van der Waals surface area contributed by atoms with E-state index in [0.29, 0.717) is 17.1 Å². The van der Waals surface area contributed by atoms with Crippen molar-refractivity contribution in [2.75, 3.05) is 7.11 Å². The summed E-state index contributed by atoms with van der Waals surface area (Å²) in [6, 6.07) is 3.26. The van der Waals surface area contributed by atoms with Gasteiger partial charge in [0.15, 0.2) is 5.78 Å². The first kappa shape index (κ1) is 9.99. The zero-order valence-electron chi connectivity index (χ0n) is 7.50. The van der Waals surface area contributed by atoms with Gasteiger partial charge >= 0.3 is 0 Å². The minimum absolute atomic E-state index is 0.0212. The molecule has 0 aromatic carbocycles. The van der Waals surface area contributed by atoms with Crippen LogP contribution in [0.5, 0.6) is 5.88 Å². The molecule has 0 radical (unpaired) electrons. The van der Waals surface area contributed by atoms with Crippen molar-refractivity contribution in [3.63, 3.8) is 0 Å². The number of carbonyl (C=O) groups is 1. The number of alkyl halides is 1. The van der Waals surface area contributed by atoms with Crippen LogP contribution in [0.3, 0.4) is 0 Å². The van der Waals surface area contributed by atoms with E-state index in [4.69, 9.17) is 16.3 Å². The number of nitrogens with zero attached hydrogens (tertiary/aromatic N) is 1. The molecule has 0 bridgehead atoms. The minimum atomic E-state index is -0.0212. The lowest BCUT2D eigenvalue weighted by Gasteiger charge is -2.03. The van der Waals surface area contributed by atoms with Crippen LogP contribution < -0.4 is 4.74 Å². The van der Waals surface area contributed by atoms with E-state index in [2.05, 4.69) is 4.98 Å². The van der Waals surface area contributed by atoms with E-state index in [9.17, 15) is 4.79 Å². The average Bonchev–Trinajstić information content (AvgIpc) is 2.16. The van der Waals surface area contributed by atoms with Crippen molar-refractivity contribution in [3.05, 3.63) is 23.4 Å². The van der Waals surface area contributed by atoms with Crippen molar-refractivity contribution in [1.29, 1.82) is 0 Å². The van der Waals surface area contributed by atoms with Crippen LogP contribution in [0.2, 0.25) is 0 Å². The first-order valence-corrected chi connectivity index (χ1v) is 4.32. The van der Waals surface area contributed by atoms with Crippen LogP contribution in [-0.4, -0.2) is 17.9 Å². The lowest BCUT2D eigenvalue weighted by atomic mass is 10.2. The maximum Gasteiger partial charge on any atom is 0.213 e. The second-order valence-corrected chi connectivity index (χ2v) is 2.85. The number of hydrogen-bond donors (Lipinski definition) is 0. The molecule has 13 heavy (non-hydrogen) atoms. The molecule has 1 aromatic rings. The Labute approximate surface area is 81.7 Å². The maximum atomic E-state index is 11.1. The second-order valence-electron chi connectivity index (χ2n) is 2.58. The summed E-state index contributed by atoms with van der Waals surface area (Å²) in [7, 11) is 1.50. The molecule has 1 heterocycles. The molecule has 0 N–H and O–H groups in total. The molecule has 0 atom stereocenters. The zero-order valence-corrected chi connectivity index (χ0v) is 8.26. The second kappa shape index (κ2) is 4.23. The Kier molecular flexibility index (Phi) is 3.25. The van der Waals surface area contributed by atoms with Crippen LogP contribution in [0.25, 0.3) is 0 Å². The lowest BCUT2D eigenvalue weighted by molar-refractivity contribution is 0.101. The van der Waals surface area contributed by atoms with Gasteiger partial charge in [-0.15, -0.1) is 11.6 Å². The predicted octanol–water partition coefficient (Wildman–Crippen LogP) is 2.03. The molecule has 1 rings (SSSR count). The van der Waals surface area contributed by atoms with Gasteiger partial charge < -0.3 is 4.74 Å². The Morgan fingerprint density at radius 3 is 2.77 bits per heavy atom. The van der Waals surface area contributed by atoms with Crippen LogP contribution in [0.15, 0.2) is 12.1 Å². The average molecular weight is 200 g/mol. The number of rotatable bonds is 3. The molecule has 0 aliphatic heterocycles. The third-order valence-corrected chi connectivity index (χ3v) is 1.88. The highest BCUT2D eigenvalue weighted by Crippen LogP contribution is 2.14. The number of Topliss-reactive ketones (excluding diaryl/α,β-unsaturated/α-hetero) is 1. The quantitative estimate of drug-likeness (QED) is 0.553. The number of halogens is 1. The zero-order chi connectivity index (χ0) is 9.84. The highest BCUT2D eigenvalue weighted by Gasteiger charge is 2.05. The highest BCUT2D eigenvalue weighted by molar-refractivity contribution is 6.17. The summed E-state index contributed by atoms with van der Waals surface area (Å²) in [5, 5.41) is 0. The first-order valence-electron chi connectivity index (χ1n) is 3.79. The summed E-state index contributed by atoms with van der Waals surface area (Å²) in [6.07, 6.45) is 0. The SMILES string of the molecule is COc1cc(C(C)=O)cc(CCl)n1. The Hall–Kier alpha value is -1.09. The van der Waals surface area contributed by atoms with E-state index < -0.39 is 0 Å². The van der Waals surface area contributed by atoms with Crippen molar-refractivity contribution in [2.45, 2.75) is 12.8 Å².